The van der Waals surface area contributed by atoms with E-state index in [-0.39, 0.29) is 11.9 Å². The standard InChI is InChI=1S/C16H25ClFN/c1-11(2)6-5-7-12(3)19-13(4)15-9-8-14(18)10-16(15)17/h8-13,19H,5-7H2,1-4H3. The van der Waals surface area contributed by atoms with Crippen molar-refractivity contribution in [3.8, 4) is 0 Å². The van der Waals surface area contributed by atoms with Gasteiger partial charge in [0.05, 0.1) is 0 Å². The Hall–Kier alpha value is -0.600. The zero-order chi connectivity index (χ0) is 14.4. The minimum absolute atomic E-state index is 0.141. The molecule has 0 amide bonds. The Morgan fingerprint density at radius 3 is 2.42 bits per heavy atom. The average Bonchev–Trinajstić information content (AvgIpc) is 2.27. The number of rotatable bonds is 7. The second-order valence-electron chi connectivity index (χ2n) is 5.78. The molecule has 0 heterocycles. The maximum Gasteiger partial charge on any atom is 0.124 e. The van der Waals surface area contributed by atoms with Gasteiger partial charge in [-0.2, -0.15) is 0 Å². The van der Waals surface area contributed by atoms with Crippen LogP contribution in [0.15, 0.2) is 18.2 Å². The van der Waals surface area contributed by atoms with Gasteiger partial charge in [0.1, 0.15) is 5.82 Å². The van der Waals surface area contributed by atoms with E-state index in [1.165, 1.54) is 25.0 Å². The fraction of sp³-hybridized carbons (Fsp3) is 0.625. The van der Waals surface area contributed by atoms with Crippen molar-refractivity contribution in [1.29, 1.82) is 0 Å². The molecule has 0 saturated heterocycles. The minimum Gasteiger partial charge on any atom is -0.308 e. The van der Waals surface area contributed by atoms with Gasteiger partial charge in [0.15, 0.2) is 0 Å². The van der Waals surface area contributed by atoms with E-state index in [0.29, 0.717) is 11.1 Å². The van der Waals surface area contributed by atoms with Crippen LogP contribution in [0.1, 0.15) is 58.6 Å². The Morgan fingerprint density at radius 1 is 1.16 bits per heavy atom. The van der Waals surface area contributed by atoms with E-state index in [1.807, 2.05) is 0 Å². The highest BCUT2D eigenvalue weighted by molar-refractivity contribution is 6.31. The lowest BCUT2D eigenvalue weighted by atomic mass is 10.0. The topological polar surface area (TPSA) is 12.0 Å². The highest BCUT2D eigenvalue weighted by Gasteiger charge is 2.13. The summed E-state index contributed by atoms with van der Waals surface area (Å²) < 4.78 is 13.0. The van der Waals surface area contributed by atoms with Gasteiger partial charge >= 0.3 is 0 Å². The van der Waals surface area contributed by atoms with Gasteiger partial charge < -0.3 is 5.32 Å². The number of nitrogens with one attached hydrogen (secondary N) is 1. The Kier molecular flexibility index (Phi) is 6.81. The maximum absolute atomic E-state index is 13.0. The molecule has 1 N–H and O–H groups in total. The molecule has 108 valence electrons. The van der Waals surface area contributed by atoms with Gasteiger partial charge in [-0.15, -0.1) is 0 Å². The first-order valence-corrected chi connectivity index (χ1v) is 7.49. The molecule has 1 rings (SSSR count). The monoisotopic (exact) mass is 285 g/mol. The van der Waals surface area contributed by atoms with E-state index < -0.39 is 0 Å². The average molecular weight is 286 g/mol. The molecule has 19 heavy (non-hydrogen) atoms. The van der Waals surface area contributed by atoms with Crippen molar-refractivity contribution >= 4 is 11.6 Å². The summed E-state index contributed by atoms with van der Waals surface area (Å²) in [6.07, 6.45) is 3.65. The van der Waals surface area contributed by atoms with Crippen LogP contribution in [0.3, 0.4) is 0 Å². The molecule has 0 aliphatic rings. The Labute approximate surface area is 121 Å². The van der Waals surface area contributed by atoms with Crippen molar-refractivity contribution in [3.63, 3.8) is 0 Å². The smallest absolute Gasteiger partial charge is 0.124 e. The molecule has 1 nitrogen and oxygen atoms in total. The summed E-state index contributed by atoms with van der Waals surface area (Å²) in [7, 11) is 0. The molecule has 3 heteroatoms. The van der Waals surface area contributed by atoms with Gasteiger partial charge in [0.25, 0.3) is 0 Å². The maximum atomic E-state index is 13.0. The van der Waals surface area contributed by atoms with Crippen molar-refractivity contribution in [3.05, 3.63) is 34.6 Å². The summed E-state index contributed by atoms with van der Waals surface area (Å²) in [5.41, 5.74) is 0.957. The van der Waals surface area contributed by atoms with Crippen molar-refractivity contribution < 1.29 is 4.39 Å². The lowest BCUT2D eigenvalue weighted by molar-refractivity contribution is 0.423. The molecule has 0 saturated carbocycles. The predicted octanol–water partition coefficient (Wildman–Crippen LogP) is 5.34. The van der Waals surface area contributed by atoms with Crippen molar-refractivity contribution in [2.24, 2.45) is 5.92 Å². The molecule has 0 fully saturated rings. The molecule has 1 aromatic rings. The molecule has 0 aliphatic carbocycles. The van der Waals surface area contributed by atoms with Crippen LogP contribution in [-0.4, -0.2) is 6.04 Å². The van der Waals surface area contributed by atoms with Gasteiger partial charge in [-0.25, -0.2) is 4.39 Å². The van der Waals surface area contributed by atoms with Crippen LogP contribution in [0, 0.1) is 11.7 Å². The van der Waals surface area contributed by atoms with E-state index in [9.17, 15) is 4.39 Å². The van der Waals surface area contributed by atoms with E-state index in [2.05, 4.69) is 33.0 Å². The minimum atomic E-state index is -0.286. The van der Waals surface area contributed by atoms with Crippen LogP contribution in [0.25, 0.3) is 0 Å². The molecule has 2 unspecified atom stereocenters. The van der Waals surface area contributed by atoms with Gasteiger partial charge in [0.2, 0.25) is 0 Å². The third-order valence-electron chi connectivity index (χ3n) is 3.38. The summed E-state index contributed by atoms with van der Waals surface area (Å²) in [4.78, 5) is 0. The predicted molar refractivity (Wildman–Crippen MR) is 81.1 cm³/mol. The number of hydrogen-bond acceptors (Lipinski definition) is 1. The molecule has 1 aromatic carbocycles. The number of halogens is 2. The Bertz CT molecular complexity index is 392. The van der Waals surface area contributed by atoms with Crippen LogP contribution in [0.5, 0.6) is 0 Å². The lowest BCUT2D eigenvalue weighted by Crippen LogP contribution is -2.29. The van der Waals surface area contributed by atoms with E-state index in [0.717, 1.165) is 17.9 Å². The second kappa shape index (κ2) is 7.86. The number of hydrogen-bond donors (Lipinski definition) is 1. The fourth-order valence-corrected chi connectivity index (χ4v) is 2.62. The van der Waals surface area contributed by atoms with Crippen molar-refractivity contribution in [2.45, 2.75) is 59.0 Å². The zero-order valence-electron chi connectivity index (χ0n) is 12.3. The van der Waals surface area contributed by atoms with Gasteiger partial charge in [-0.1, -0.05) is 44.4 Å². The third-order valence-corrected chi connectivity index (χ3v) is 3.71. The van der Waals surface area contributed by atoms with Gasteiger partial charge in [0, 0.05) is 17.1 Å². The largest absolute Gasteiger partial charge is 0.308 e. The highest BCUT2D eigenvalue weighted by atomic mass is 35.5. The van der Waals surface area contributed by atoms with Crippen LogP contribution in [0.2, 0.25) is 5.02 Å². The van der Waals surface area contributed by atoms with Gasteiger partial charge in [-0.05, 0) is 43.9 Å². The summed E-state index contributed by atoms with van der Waals surface area (Å²) in [6.45, 7) is 8.75. The molecular formula is C16H25ClFN. The van der Waals surface area contributed by atoms with E-state index in [4.69, 9.17) is 11.6 Å². The highest BCUT2D eigenvalue weighted by Crippen LogP contribution is 2.24. The Balaban J connectivity index is 2.47. The molecule has 0 aliphatic heterocycles. The lowest BCUT2D eigenvalue weighted by Gasteiger charge is -2.21. The van der Waals surface area contributed by atoms with Crippen LogP contribution < -0.4 is 5.32 Å². The molecule has 2 atom stereocenters. The van der Waals surface area contributed by atoms with Gasteiger partial charge in [-0.3, -0.25) is 0 Å². The summed E-state index contributed by atoms with van der Waals surface area (Å²) in [6, 6.07) is 5.18. The zero-order valence-corrected chi connectivity index (χ0v) is 13.1. The molecule has 0 spiro atoms. The molecule has 0 radical (unpaired) electrons. The SMILES string of the molecule is CC(C)CCCC(C)NC(C)c1ccc(F)cc1Cl. The quantitative estimate of drug-likeness (QED) is 0.712. The van der Waals surface area contributed by atoms with E-state index in [1.54, 1.807) is 6.07 Å². The second-order valence-corrected chi connectivity index (χ2v) is 6.19. The van der Waals surface area contributed by atoms with Crippen LogP contribution in [0.4, 0.5) is 4.39 Å². The van der Waals surface area contributed by atoms with Crippen molar-refractivity contribution in [1.82, 2.24) is 5.32 Å². The molecule has 0 aromatic heterocycles. The van der Waals surface area contributed by atoms with Crippen LogP contribution >= 0.6 is 11.6 Å². The summed E-state index contributed by atoms with van der Waals surface area (Å²) in [5, 5.41) is 4.02. The Morgan fingerprint density at radius 2 is 1.84 bits per heavy atom. The normalized spacial score (nSPS) is 14.7. The van der Waals surface area contributed by atoms with Crippen molar-refractivity contribution in [2.75, 3.05) is 0 Å². The fourth-order valence-electron chi connectivity index (χ4n) is 2.28. The molecule has 0 bridgehead atoms. The number of benzene rings is 1. The third kappa shape index (κ3) is 5.92. The summed E-state index contributed by atoms with van der Waals surface area (Å²) in [5.74, 6) is 0.474. The summed E-state index contributed by atoms with van der Waals surface area (Å²) >= 11 is 6.07. The first-order chi connectivity index (χ1) is 8.90. The molecular weight excluding hydrogens is 261 g/mol. The van der Waals surface area contributed by atoms with Crippen LogP contribution in [-0.2, 0) is 0 Å². The first kappa shape index (κ1) is 16.5. The first-order valence-electron chi connectivity index (χ1n) is 7.11. The van der Waals surface area contributed by atoms with E-state index >= 15 is 0 Å².